The topological polar surface area (TPSA) is 60.2 Å². The predicted molar refractivity (Wildman–Crippen MR) is 73.1 cm³/mol. The van der Waals surface area contributed by atoms with Crippen molar-refractivity contribution in [2.75, 3.05) is 0 Å². The molecule has 0 radical (unpaired) electrons. The van der Waals surface area contributed by atoms with Gasteiger partial charge in [0.15, 0.2) is 5.78 Å². The third-order valence-corrected chi connectivity index (χ3v) is 2.75. The van der Waals surface area contributed by atoms with Crippen molar-refractivity contribution in [3.05, 3.63) is 81.9 Å². The summed E-state index contributed by atoms with van der Waals surface area (Å²) >= 11 is 0. The summed E-state index contributed by atoms with van der Waals surface area (Å²) in [5, 5.41) is 10.5. The fourth-order valence-electron chi connectivity index (χ4n) is 1.67. The molecule has 2 rings (SSSR count). The molecule has 94 valence electrons. The Bertz CT molecular complexity index is 627. The molecular weight excluding hydrogens is 242 g/mol. The van der Waals surface area contributed by atoms with Gasteiger partial charge in [0, 0.05) is 23.3 Å². The molecule has 0 unspecified atom stereocenters. The van der Waals surface area contributed by atoms with Crippen LogP contribution in [0.5, 0.6) is 0 Å². The highest BCUT2D eigenvalue weighted by Gasteiger charge is 2.11. The lowest BCUT2D eigenvalue weighted by atomic mass is 10.0. The minimum atomic E-state index is -0.493. The van der Waals surface area contributed by atoms with E-state index in [1.807, 2.05) is 0 Å². The standard InChI is InChI=1S/C15H11NO3/c1-2-11-3-5-12(6-4-11)15(17)13-7-9-14(10-8-13)16(18)19/h2-10H,1H2. The monoisotopic (exact) mass is 253 g/mol. The summed E-state index contributed by atoms with van der Waals surface area (Å²) in [4.78, 5) is 22.2. The predicted octanol–water partition coefficient (Wildman–Crippen LogP) is 3.47. The second-order valence-corrected chi connectivity index (χ2v) is 3.96. The number of nitrogens with zero attached hydrogens (tertiary/aromatic N) is 1. The quantitative estimate of drug-likeness (QED) is 0.476. The Morgan fingerprint density at radius 3 is 1.89 bits per heavy atom. The van der Waals surface area contributed by atoms with Gasteiger partial charge in [-0.1, -0.05) is 36.9 Å². The third kappa shape index (κ3) is 2.74. The van der Waals surface area contributed by atoms with Gasteiger partial charge >= 0.3 is 0 Å². The van der Waals surface area contributed by atoms with Gasteiger partial charge in [-0.05, 0) is 17.7 Å². The molecule has 4 nitrogen and oxygen atoms in total. The molecule has 0 bridgehead atoms. The van der Waals surface area contributed by atoms with Crippen LogP contribution in [0.4, 0.5) is 5.69 Å². The lowest BCUT2D eigenvalue weighted by Crippen LogP contribution is -2.01. The van der Waals surface area contributed by atoms with Crippen molar-refractivity contribution in [3.63, 3.8) is 0 Å². The number of ketones is 1. The van der Waals surface area contributed by atoms with E-state index in [4.69, 9.17) is 0 Å². The summed E-state index contributed by atoms with van der Waals surface area (Å²) in [6.45, 7) is 3.64. The number of carbonyl (C=O) groups is 1. The zero-order chi connectivity index (χ0) is 13.8. The minimum absolute atomic E-state index is 0.0291. The zero-order valence-electron chi connectivity index (χ0n) is 10.1. The number of nitro benzene ring substituents is 1. The van der Waals surface area contributed by atoms with Gasteiger partial charge in [-0.25, -0.2) is 0 Å². The van der Waals surface area contributed by atoms with Crippen LogP contribution in [-0.4, -0.2) is 10.7 Å². The maximum atomic E-state index is 12.1. The summed E-state index contributed by atoms with van der Waals surface area (Å²) in [5.41, 5.74) is 1.87. The Morgan fingerprint density at radius 2 is 1.47 bits per heavy atom. The van der Waals surface area contributed by atoms with Crippen LogP contribution in [0.1, 0.15) is 21.5 Å². The molecule has 0 aliphatic rings. The van der Waals surface area contributed by atoms with Crippen molar-refractivity contribution in [3.8, 4) is 0 Å². The van der Waals surface area contributed by atoms with E-state index in [1.165, 1.54) is 24.3 Å². The van der Waals surface area contributed by atoms with Crippen LogP contribution < -0.4 is 0 Å². The molecule has 0 heterocycles. The van der Waals surface area contributed by atoms with Gasteiger partial charge in [0.05, 0.1) is 4.92 Å². The van der Waals surface area contributed by atoms with Crippen LogP contribution in [0.2, 0.25) is 0 Å². The van der Waals surface area contributed by atoms with Gasteiger partial charge < -0.3 is 0 Å². The van der Waals surface area contributed by atoms with E-state index in [0.717, 1.165) is 5.56 Å². The number of non-ortho nitro benzene ring substituents is 1. The van der Waals surface area contributed by atoms with Crippen LogP contribution in [0.3, 0.4) is 0 Å². The third-order valence-electron chi connectivity index (χ3n) is 2.75. The molecule has 0 spiro atoms. The molecule has 0 aliphatic carbocycles. The van der Waals surface area contributed by atoms with Crippen LogP contribution in [0.25, 0.3) is 6.08 Å². The van der Waals surface area contributed by atoms with Crippen molar-refractivity contribution >= 4 is 17.5 Å². The summed E-state index contributed by atoms with van der Waals surface area (Å²) in [5.74, 6) is -0.162. The highest BCUT2D eigenvalue weighted by atomic mass is 16.6. The Balaban J connectivity index is 2.27. The van der Waals surface area contributed by atoms with E-state index in [2.05, 4.69) is 6.58 Å². The molecule has 0 saturated carbocycles. The van der Waals surface area contributed by atoms with Gasteiger partial charge in [0.25, 0.3) is 5.69 Å². The van der Waals surface area contributed by atoms with Gasteiger partial charge in [0.1, 0.15) is 0 Å². The number of hydrogen-bond acceptors (Lipinski definition) is 3. The first-order chi connectivity index (χ1) is 9.11. The number of nitro groups is 1. The van der Waals surface area contributed by atoms with E-state index >= 15 is 0 Å². The molecule has 0 fully saturated rings. The van der Waals surface area contributed by atoms with Crippen molar-refractivity contribution in [1.29, 1.82) is 0 Å². The fourth-order valence-corrected chi connectivity index (χ4v) is 1.67. The molecule has 0 atom stereocenters. The lowest BCUT2D eigenvalue weighted by Gasteiger charge is -2.01. The number of benzene rings is 2. The molecule has 0 amide bonds. The lowest BCUT2D eigenvalue weighted by molar-refractivity contribution is -0.384. The highest BCUT2D eigenvalue weighted by Crippen LogP contribution is 2.16. The normalized spacial score (nSPS) is 9.89. The highest BCUT2D eigenvalue weighted by molar-refractivity contribution is 6.09. The number of hydrogen-bond donors (Lipinski definition) is 0. The Kier molecular flexibility index (Phi) is 3.52. The second kappa shape index (κ2) is 5.27. The van der Waals surface area contributed by atoms with E-state index in [1.54, 1.807) is 30.3 Å². The second-order valence-electron chi connectivity index (χ2n) is 3.96. The first-order valence-electron chi connectivity index (χ1n) is 5.63. The molecule has 2 aromatic rings. The van der Waals surface area contributed by atoms with Crippen LogP contribution >= 0.6 is 0 Å². The smallest absolute Gasteiger partial charge is 0.269 e. The Labute approximate surface area is 110 Å². The van der Waals surface area contributed by atoms with Crippen molar-refractivity contribution in [2.45, 2.75) is 0 Å². The van der Waals surface area contributed by atoms with Crippen molar-refractivity contribution in [2.24, 2.45) is 0 Å². The van der Waals surface area contributed by atoms with Crippen molar-refractivity contribution in [1.82, 2.24) is 0 Å². The van der Waals surface area contributed by atoms with Gasteiger partial charge in [-0.15, -0.1) is 0 Å². The van der Waals surface area contributed by atoms with E-state index in [9.17, 15) is 14.9 Å². The molecule has 2 aromatic carbocycles. The fraction of sp³-hybridized carbons (Fsp3) is 0. The largest absolute Gasteiger partial charge is 0.289 e. The van der Waals surface area contributed by atoms with Gasteiger partial charge in [-0.3, -0.25) is 14.9 Å². The van der Waals surface area contributed by atoms with Gasteiger partial charge in [-0.2, -0.15) is 0 Å². The minimum Gasteiger partial charge on any atom is -0.289 e. The first-order valence-corrected chi connectivity index (χ1v) is 5.63. The molecular formula is C15H11NO3. The van der Waals surface area contributed by atoms with E-state index in [-0.39, 0.29) is 11.5 Å². The SMILES string of the molecule is C=Cc1ccc(C(=O)c2ccc([N+](=O)[O-])cc2)cc1. The van der Waals surface area contributed by atoms with Crippen LogP contribution in [-0.2, 0) is 0 Å². The van der Waals surface area contributed by atoms with E-state index < -0.39 is 4.92 Å². The molecule has 0 N–H and O–H groups in total. The zero-order valence-corrected chi connectivity index (χ0v) is 10.1. The summed E-state index contributed by atoms with van der Waals surface area (Å²) in [6.07, 6.45) is 1.69. The Hall–Kier alpha value is -2.75. The van der Waals surface area contributed by atoms with Crippen molar-refractivity contribution < 1.29 is 9.72 Å². The molecule has 0 aromatic heterocycles. The average Bonchev–Trinajstić information content (AvgIpc) is 2.46. The van der Waals surface area contributed by atoms with Crippen LogP contribution in [0, 0.1) is 10.1 Å². The number of carbonyl (C=O) groups excluding carboxylic acids is 1. The molecule has 0 aliphatic heterocycles. The summed E-state index contributed by atoms with van der Waals surface area (Å²) in [6, 6.07) is 12.6. The Morgan fingerprint density at radius 1 is 1.00 bits per heavy atom. The van der Waals surface area contributed by atoms with E-state index in [0.29, 0.717) is 11.1 Å². The average molecular weight is 253 g/mol. The summed E-state index contributed by atoms with van der Waals surface area (Å²) < 4.78 is 0. The van der Waals surface area contributed by atoms with Gasteiger partial charge in [0.2, 0.25) is 0 Å². The molecule has 0 saturated heterocycles. The van der Waals surface area contributed by atoms with Crippen LogP contribution in [0.15, 0.2) is 55.1 Å². The molecule has 19 heavy (non-hydrogen) atoms. The maximum absolute atomic E-state index is 12.1. The maximum Gasteiger partial charge on any atom is 0.269 e. The summed E-state index contributed by atoms with van der Waals surface area (Å²) in [7, 11) is 0. The molecule has 4 heteroatoms. The number of rotatable bonds is 4. The first kappa shape index (κ1) is 12.7.